The molecule has 0 amide bonds. The summed E-state index contributed by atoms with van der Waals surface area (Å²) in [5.41, 5.74) is 19.7. The predicted molar refractivity (Wildman–Crippen MR) is 287 cm³/mol. The molecule has 13 rings (SSSR count). The summed E-state index contributed by atoms with van der Waals surface area (Å²) in [5, 5.41) is 5.64. The first-order chi connectivity index (χ1) is 33.1. The van der Waals surface area contributed by atoms with Gasteiger partial charge in [0, 0.05) is 51.2 Å². The second-order valence-electron chi connectivity index (χ2n) is 18.2. The Morgan fingerprint density at radius 2 is 0.746 bits per heavy atom. The molecule has 3 heterocycles. The van der Waals surface area contributed by atoms with E-state index in [9.17, 15) is 0 Å². The van der Waals surface area contributed by atoms with Gasteiger partial charge in [-0.05, 0) is 135 Å². The van der Waals surface area contributed by atoms with Crippen molar-refractivity contribution in [3.05, 3.63) is 254 Å². The minimum Gasteiger partial charge on any atom is -0.311 e. The Labute approximate surface area is 394 Å². The molecule has 0 radical (unpaired) electrons. The van der Waals surface area contributed by atoms with Crippen LogP contribution < -0.4 is 51.8 Å². The summed E-state index contributed by atoms with van der Waals surface area (Å²) in [5.74, 6) is 0. The summed E-state index contributed by atoms with van der Waals surface area (Å²) in [7, 11) is -2.75. The topological polar surface area (TPSA) is 9.72 Å². The lowest BCUT2D eigenvalue weighted by Crippen LogP contribution is -2.77. The Morgan fingerprint density at radius 1 is 0.313 bits per heavy atom. The van der Waals surface area contributed by atoms with Crippen LogP contribution in [0.5, 0.6) is 0 Å². The van der Waals surface area contributed by atoms with Crippen molar-refractivity contribution in [2.24, 2.45) is 0 Å². The molecular formula is C62H46BN3Si. The molecule has 3 aliphatic rings. The Hall–Kier alpha value is -8.12. The summed E-state index contributed by atoms with van der Waals surface area (Å²) in [6.07, 6.45) is 0. The fourth-order valence-electron chi connectivity index (χ4n) is 11.6. The molecule has 0 saturated heterocycles. The van der Waals surface area contributed by atoms with Crippen LogP contribution >= 0.6 is 0 Å². The van der Waals surface area contributed by atoms with E-state index in [0.29, 0.717) is 0 Å². The van der Waals surface area contributed by atoms with Crippen LogP contribution in [-0.4, -0.2) is 14.8 Å². The first-order valence-electron chi connectivity index (χ1n) is 23.4. The van der Waals surface area contributed by atoms with Gasteiger partial charge >= 0.3 is 0 Å². The molecule has 0 bridgehead atoms. The third-order valence-corrected chi connectivity index (χ3v) is 19.2. The minimum atomic E-state index is -2.75. The molecule has 10 aromatic rings. The standard InChI is InChI=1S/C62H46BN3Si/c1-43-30-38-55-60(40-43)67(50-22-11-5-12-23-50,51-24-13-6-14-25-51)61-41-44(2)31-39-56(61)65(55)49-35-32-45(33-36-49)46-34-37-53-59(42-46)66(48-20-9-4-10-21-48)58-29-17-28-57-62(58)63(53)52-26-15-16-27-54(52)64(57)47-18-7-3-8-19-47/h3-42H,1-2H3. The van der Waals surface area contributed by atoms with E-state index in [0.717, 1.165) is 17.1 Å². The lowest BCUT2D eigenvalue weighted by Gasteiger charge is -2.45. The van der Waals surface area contributed by atoms with E-state index in [1.807, 2.05) is 0 Å². The van der Waals surface area contributed by atoms with Crippen molar-refractivity contribution < 1.29 is 0 Å². The molecule has 0 aromatic heterocycles. The molecule has 0 spiro atoms. The van der Waals surface area contributed by atoms with Gasteiger partial charge in [-0.25, -0.2) is 0 Å². The Morgan fingerprint density at radius 3 is 1.31 bits per heavy atom. The molecular weight excluding hydrogens is 826 g/mol. The number of hydrogen-bond donors (Lipinski definition) is 0. The summed E-state index contributed by atoms with van der Waals surface area (Å²) < 4.78 is 0. The van der Waals surface area contributed by atoms with Gasteiger partial charge in [-0.3, -0.25) is 0 Å². The number of aryl methyl sites for hydroxylation is 2. The van der Waals surface area contributed by atoms with Crippen molar-refractivity contribution in [2.75, 3.05) is 14.7 Å². The van der Waals surface area contributed by atoms with E-state index in [1.165, 1.54) is 93.5 Å². The molecule has 10 aromatic carbocycles. The quantitative estimate of drug-likeness (QED) is 0.154. The third-order valence-electron chi connectivity index (χ3n) is 14.4. The van der Waals surface area contributed by atoms with E-state index in [4.69, 9.17) is 0 Å². The second-order valence-corrected chi connectivity index (χ2v) is 22.0. The molecule has 0 aliphatic carbocycles. The second kappa shape index (κ2) is 15.5. The van der Waals surface area contributed by atoms with Crippen LogP contribution in [0.15, 0.2) is 243 Å². The van der Waals surface area contributed by atoms with Gasteiger partial charge in [0.15, 0.2) is 8.07 Å². The molecule has 0 fully saturated rings. The zero-order valence-electron chi connectivity index (χ0n) is 37.5. The maximum atomic E-state index is 2.52. The van der Waals surface area contributed by atoms with Crippen molar-refractivity contribution >= 4 is 103 Å². The lowest BCUT2D eigenvalue weighted by atomic mass is 9.33. The first kappa shape index (κ1) is 39.3. The number of para-hydroxylation sites is 3. The van der Waals surface area contributed by atoms with Crippen molar-refractivity contribution in [3.8, 4) is 11.1 Å². The van der Waals surface area contributed by atoms with Crippen molar-refractivity contribution in [2.45, 2.75) is 13.8 Å². The van der Waals surface area contributed by atoms with Crippen LogP contribution in [0.4, 0.5) is 51.2 Å². The van der Waals surface area contributed by atoms with E-state index in [-0.39, 0.29) is 6.71 Å². The highest BCUT2D eigenvalue weighted by atomic mass is 28.3. The third kappa shape index (κ3) is 5.98. The average molecular weight is 872 g/mol. The summed E-state index contributed by atoms with van der Waals surface area (Å²) in [4.78, 5) is 7.45. The van der Waals surface area contributed by atoms with Crippen LogP contribution in [0.2, 0.25) is 0 Å². The largest absolute Gasteiger partial charge is 0.311 e. The number of anilines is 9. The average Bonchev–Trinajstić information content (AvgIpc) is 3.39. The van der Waals surface area contributed by atoms with Gasteiger partial charge in [-0.2, -0.15) is 0 Å². The zero-order valence-corrected chi connectivity index (χ0v) is 38.5. The Balaban J connectivity index is 0.960. The number of fused-ring (bicyclic) bond motifs is 6. The van der Waals surface area contributed by atoms with Gasteiger partial charge < -0.3 is 14.7 Å². The molecule has 67 heavy (non-hydrogen) atoms. The molecule has 3 nitrogen and oxygen atoms in total. The van der Waals surface area contributed by atoms with Crippen molar-refractivity contribution in [3.63, 3.8) is 0 Å². The van der Waals surface area contributed by atoms with Crippen LogP contribution in [0.25, 0.3) is 11.1 Å². The number of nitrogens with zero attached hydrogens (tertiary/aromatic N) is 3. The Kier molecular flexibility index (Phi) is 9.09. The lowest BCUT2D eigenvalue weighted by molar-refractivity contribution is 1.25. The fraction of sp³-hybridized carbons (Fsp3) is 0.0323. The van der Waals surface area contributed by atoms with Crippen molar-refractivity contribution in [1.29, 1.82) is 0 Å². The highest BCUT2D eigenvalue weighted by Gasteiger charge is 2.49. The van der Waals surface area contributed by atoms with Gasteiger partial charge in [0.2, 0.25) is 0 Å². The maximum Gasteiger partial charge on any atom is 0.252 e. The van der Waals surface area contributed by atoms with Crippen molar-refractivity contribution in [1.82, 2.24) is 0 Å². The van der Waals surface area contributed by atoms with Gasteiger partial charge in [-0.1, -0.05) is 181 Å². The van der Waals surface area contributed by atoms with Crippen LogP contribution in [0.1, 0.15) is 11.1 Å². The molecule has 0 atom stereocenters. The van der Waals surface area contributed by atoms with E-state index in [1.54, 1.807) is 0 Å². The number of benzene rings is 10. The highest BCUT2D eigenvalue weighted by molar-refractivity contribution is 7.21. The molecule has 316 valence electrons. The zero-order chi connectivity index (χ0) is 44.6. The summed E-state index contributed by atoms with van der Waals surface area (Å²) in [6, 6.07) is 90.8. The fourth-order valence-corrected chi connectivity index (χ4v) is 16.9. The SMILES string of the molecule is Cc1ccc2c(c1)[Si](c1ccccc1)(c1ccccc1)c1cc(C)ccc1N2c1ccc(-c2ccc3c(c2)N(c2ccccc2)c2cccc4c2B3c2ccccc2N4c2ccccc2)cc1. The Bertz CT molecular complexity index is 3410. The van der Waals surface area contributed by atoms with Crippen LogP contribution in [-0.2, 0) is 0 Å². The summed E-state index contributed by atoms with van der Waals surface area (Å²) >= 11 is 0. The smallest absolute Gasteiger partial charge is 0.252 e. The van der Waals surface area contributed by atoms with Gasteiger partial charge in [-0.15, -0.1) is 0 Å². The van der Waals surface area contributed by atoms with E-state index >= 15 is 0 Å². The van der Waals surface area contributed by atoms with E-state index in [2.05, 4.69) is 271 Å². The van der Waals surface area contributed by atoms with Gasteiger partial charge in [0.05, 0.1) is 0 Å². The molecule has 3 aliphatic heterocycles. The number of hydrogen-bond acceptors (Lipinski definition) is 3. The summed E-state index contributed by atoms with van der Waals surface area (Å²) in [6.45, 7) is 4.55. The highest BCUT2D eigenvalue weighted by Crippen LogP contribution is 2.45. The molecule has 0 N–H and O–H groups in total. The minimum absolute atomic E-state index is 0.0719. The van der Waals surface area contributed by atoms with Crippen LogP contribution in [0, 0.1) is 13.8 Å². The maximum absolute atomic E-state index is 2.75. The molecule has 0 saturated carbocycles. The first-order valence-corrected chi connectivity index (χ1v) is 25.4. The normalized spacial score (nSPS) is 13.8. The molecule has 5 heteroatoms. The number of rotatable bonds is 6. The monoisotopic (exact) mass is 871 g/mol. The van der Waals surface area contributed by atoms with E-state index < -0.39 is 8.07 Å². The van der Waals surface area contributed by atoms with Crippen LogP contribution in [0.3, 0.4) is 0 Å². The molecule has 0 unspecified atom stereocenters. The van der Waals surface area contributed by atoms with Gasteiger partial charge in [0.25, 0.3) is 6.71 Å². The predicted octanol–water partition coefficient (Wildman–Crippen LogP) is 11.2. The van der Waals surface area contributed by atoms with Gasteiger partial charge in [0.1, 0.15) is 0 Å².